The molecule has 0 radical (unpaired) electrons. The van der Waals surface area contributed by atoms with Gasteiger partial charge in [0.25, 0.3) is 0 Å². The van der Waals surface area contributed by atoms with E-state index in [0.717, 1.165) is 0 Å². The summed E-state index contributed by atoms with van der Waals surface area (Å²) in [4.78, 5) is 6.92. The van der Waals surface area contributed by atoms with Crippen LogP contribution in [0.1, 0.15) is 13.8 Å². The highest BCUT2D eigenvalue weighted by Crippen LogP contribution is 2.25. The second-order valence-electron chi connectivity index (χ2n) is 18.0. The summed E-state index contributed by atoms with van der Waals surface area (Å²) in [5.41, 5.74) is 1.60. The highest BCUT2D eigenvalue weighted by molar-refractivity contribution is 7.00. The van der Waals surface area contributed by atoms with Crippen LogP contribution in [0.15, 0.2) is 0 Å². The van der Waals surface area contributed by atoms with Gasteiger partial charge in [-0.1, -0.05) is 72.0 Å². The van der Waals surface area contributed by atoms with Gasteiger partial charge in [0.15, 0.2) is 54.0 Å². The summed E-state index contributed by atoms with van der Waals surface area (Å²) in [7, 11) is 4.26. The van der Waals surface area contributed by atoms with Crippen LogP contribution in [0.25, 0.3) is 0 Å². The molecule has 4 rings (SSSR count). The zero-order chi connectivity index (χ0) is 40.8. The van der Waals surface area contributed by atoms with Crippen molar-refractivity contribution in [3.63, 3.8) is 0 Å². The van der Waals surface area contributed by atoms with Crippen LogP contribution >= 0.6 is 0 Å². The van der Waals surface area contributed by atoms with E-state index in [9.17, 15) is 0 Å². The molecule has 4 aliphatic heterocycles. The molecule has 0 aromatic carbocycles. The topological polar surface area (TPSA) is 88.4 Å². The van der Waals surface area contributed by atoms with Gasteiger partial charge in [0, 0.05) is 12.3 Å². The van der Waals surface area contributed by atoms with Crippen molar-refractivity contribution in [1.82, 2.24) is 50.4 Å². The summed E-state index contributed by atoms with van der Waals surface area (Å²) >= 11 is 0. The van der Waals surface area contributed by atoms with Crippen molar-refractivity contribution >= 4 is 107 Å². The Morgan fingerprint density at radius 3 is 1.06 bits per heavy atom. The van der Waals surface area contributed by atoms with Gasteiger partial charge in [0.05, 0.1) is 44.8 Å². The molecule has 23 heteroatoms. The Hall–Kier alpha value is 2.16. The highest BCUT2D eigenvalue weighted by atomic mass is 28.5. The quantitative estimate of drug-likeness (QED) is 0.228. The fourth-order valence-corrected chi connectivity index (χ4v) is 51.2. The first-order chi connectivity index (χ1) is 23.0. The molecule has 0 aromatic rings. The Morgan fingerprint density at radius 2 is 0.902 bits per heavy atom. The fourth-order valence-electron chi connectivity index (χ4n) is 7.18. The van der Waals surface area contributed by atoms with Crippen molar-refractivity contribution < 1.29 is 0 Å². The lowest BCUT2D eigenvalue weighted by atomic mass is 10.6. The first kappa shape index (κ1) is 55.3. The fraction of sp³-hybridized carbons (Fsp3) is 1.00. The Balaban J connectivity index is 0. The Labute approximate surface area is 340 Å². The number of hydrogen-bond acceptors (Lipinski definition) is 11. The molecule has 5 unspecified atom stereocenters. The van der Waals surface area contributed by atoms with Crippen LogP contribution in [0.2, 0.25) is 124 Å². The Bertz CT molecular complexity index is 779. The second-order valence-corrected chi connectivity index (χ2v) is 57.8. The molecule has 4 saturated heterocycles. The van der Waals surface area contributed by atoms with Gasteiger partial charge in [-0.2, -0.15) is 0 Å². The van der Waals surface area contributed by atoms with Crippen molar-refractivity contribution in [2.75, 3.05) is 35.2 Å². The first-order valence-corrected chi connectivity index (χ1v) is 51.6. The van der Waals surface area contributed by atoms with E-state index in [1.165, 1.54) is 0 Å². The van der Waals surface area contributed by atoms with Gasteiger partial charge in [-0.15, -0.1) is 0 Å². The van der Waals surface area contributed by atoms with Gasteiger partial charge in [-0.05, 0) is 101 Å². The number of nitrogens with zero attached hydrogens (tertiary/aromatic N) is 5. The van der Waals surface area contributed by atoms with Crippen LogP contribution in [0, 0.1) is 0 Å². The molecule has 0 spiro atoms. The Morgan fingerprint density at radius 1 is 0.588 bits per heavy atom. The van der Waals surface area contributed by atoms with E-state index in [1.807, 2.05) is 0 Å². The molecule has 51 heavy (non-hydrogen) atoms. The summed E-state index contributed by atoms with van der Waals surface area (Å²) in [5.74, 6) is 0. The van der Waals surface area contributed by atoms with E-state index in [0.29, 0.717) is 12.3 Å². The van der Waals surface area contributed by atoms with Crippen molar-refractivity contribution in [2.24, 2.45) is 0 Å². The third-order valence-corrected chi connectivity index (χ3v) is 58.9. The van der Waals surface area contributed by atoms with Gasteiger partial charge in [0.1, 0.15) is 8.24 Å². The van der Waals surface area contributed by atoms with Crippen LogP contribution < -0.4 is 28.6 Å². The SMILES string of the molecule is CC1N(C)[SiH](C)N(C)[SiH](C)N1C.CC1N[SiH](C)N[SiH](C)N1.CN1[SiH](C)N(C)[Si]1(C)C.C[SiH](C)N[SiH](C)C.C[SiH](C)N[SiH](C)C.C[SiH]1C[Si](C)(C)N1. The minimum absolute atomic E-state index is 0.282. The summed E-state index contributed by atoms with van der Waals surface area (Å²) in [6, 6.07) is 0. The van der Waals surface area contributed by atoms with E-state index >= 15 is 0 Å². The highest BCUT2D eigenvalue weighted by Gasteiger charge is 2.48. The van der Waals surface area contributed by atoms with E-state index in [4.69, 9.17) is 0 Å². The molecule has 0 aliphatic carbocycles. The maximum Gasteiger partial charge on any atom is 0.188 e. The molecule has 4 fully saturated rings. The number of rotatable bonds is 4. The van der Waals surface area contributed by atoms with Crippen LogP contribution in [-0.4, -0.2) is 176 Å². The molecule has 4 aliphatic rings. The summed E-state index contributed by atoms with van der Waals surface area (Å²) in [6.07, 6.45) is 1.21. The molecular formula is C28H95N11Si12. The van der Waals surface area contributed by atoms with Crippen molar-refractivity contribution in [3.8, 4) is 0 Å². The predicted octanol–water partition coefficient (Wildman–Crippen LogP) is 0.846. The molecule has 6 N–H and O–H groups in total. The molecule has 0 aromatic heterocycles. The van der Waals surface area contributed by atoms with E-state index < -0.39 is 98.1 Å². The average Bonchev–Trinajstić information content (AvgIpc) is 2.95. The van der Waals surface area contributed by atoms with Crippen LogP contribution in [0.4, 0.5) is 0 Å². The second kappa shape index (κ2) is 26.2. The number of nitrogens with one attached hydrogen (secondary N) is 6. The minimum atomic E-state index is -0.992. The maximum atomic E-state index is 3.66. The van der Waals surface area contributed by atoms with Crippen molar-refractivity contribution in [1.29, 1.82) is 0 Å². The van der Waals surface area contributed by atoms with E-state index in [-0.39, 0.29) is 8.96 Å². The molecule has 4 heterocycles. The molecule has 310 valence electrons. The molecule has 11 nitrogen and oxygen atoms in total. The van der Waals surface area contributed by atoms with Gasteiger partial charge < -0.3 is 50.4 Å². The van der Waals surface area contributed by atoms with Crippen LogP contribution in [0.3, 0.4) is 0 Å². The third kappa shape index (κ3) is 22.6. The van der Waals surface area contributed by atoms with Crippen LogP contribution in [0.5, 0.6) is 0 Å². The zero-order valence-corrected chi connectivity index (χ0v) is 52.4. The number of hydrogen-bond donors (Lipinski definition) is 6. The average molecular weight is 923 g/mol. The minimum Gasteiger partial charge on any atom is -0.365 e. The largest absolute Gasteiger partial charge is 0.365 e. The lowest BCUT2D eigenvalue weighted by Gasteiger charge is -2.58. The predicted molar refractivity (Wildman–Crippen MR) is 270 cm³/mol. The molecule has 5 atom stereocenters. The zero-order valence-electron chi connectivity index (χ0n) is 38.9. The van der Waals surface area contributed by atoms with E-state index in [2.05, 4.69) is 217 Å². The molecule has 0 bridgehead atoms. The van der Waals surface area contributed by atoms with Crippen molar-refractivity contribution in [3.05, 3.63) is 0 Å². The van der Waals surface area contributed by atoms with Gasteiger partial charge >= 0.3 is 0 Å². The summed E-state index contributed by atoms with van der Waals surface area (Å²) in [5, 5.41) is 0. The third-order valence-electron chi connectivity index (χ3n) is 10.7. The maximum absolute atomic E-state index is 3.66. The molecular weight excluding hydrogens is 827 g/mol. The van der Waals surface area contributed by atoms with Gasteiger partial charge in [0.2, 0.25) is 0 Å². The van der Waals surface area contributed by atoms with Gasteiger partial charge in [-0.25, -0.2) is 0 Å². The van der Waals surface area contributed by atoms with Gasteiger partial charge in [-0.3, -0.25) is 0 Å². The standard InChI is InChI=1S/C7H21N3Si2.C5H16N2Si2.C4H15N3Si2.C4H13NSi2.2C4H15NSi2/c1-7-8(2)11(5)10(4)12(6)9(7)3;1-6-8(3)7(2)9(6,4)5;1-4-5-8(2)7-9(3)6-4;1-6-4-7(2,3)5-6;2*1-6(2)5-7(3)4/h7,11-12H,1-6H3;8H,1-5H3;4-9H,1-3H3;5-6H,4H2,1-3H3;2*5-7H,1-4H3. The molecule has 0 saturated carbocycles. The first-order valence-electron chi connectivity index (χ1n) is 20.2. The molecule has 0 amide bonds. The lowest BCUT2D eigenvalue weighted by Crippen LogP contribution is -2.80. The van der Waals surface area contributed by atoms with Crippen LogP contribution in [-0.2, 0) is 0 Å². The Kier molecular flexibility index (Phi) is 28.4. The van der Waals surface area contributed by atoms with E-state index in [1.54, 1.807) is 5.67 Å². The monoisotopic (exact) mass is 922 g/mol. The smallest absolute Gasteiger partial charge is 0.188 e. The summed E-state index contributed by atoms with van der Waals surface area (Å²) < 4.78 is 27.4. The summed E-state index contributed by atoms with van der Waals surface area (Å²) in [6.45, 7) is 46.9. The lowest BCUT2D eigenvalue weighted by molar-refractivity contribution is 0.207. The normalized spacial score (nSPS) is 31.4. The van der Waals surface area contributed by atoms with Crippen molar-refractivity contribution in [2.45, 2.75) is 150 Å².